The monoisotopic (exact) mass is 494 g/mol. The van der Waals surface area contributed by atoms with Gasteiger partial charge in [0.1, 0.15) is 5.82 Å². The number of hydrogen-bond donors (Lipinski definition) is 2. The number of carbonyl (C=O) groups is 1. The molecule has 2 aromatic rings. The molecule has 1 saturated heterocycles. The van der Waals surface area contributed by atoms with E-state index in [1.54, 1.807) is 24.3 Å². The summed E-state index contributed by atoms with van der Waals surface area (Å²) in [6.45, 7) is 2.43. The molecule has 10 heteroatoms. The molecule has 4 rings (SSSR count). The van der Waals surface area contributed by atoms with Crippen LogP contribution in [-0.2, 0) is 10.0 Å². The van der Waals surface area contributed by atoms with Gasteiger partial charge >= 0.3 is 6.03 Å². The molecule has 1 atom stereocenters. The van der Waals surface area contributed by atoms with Crippen molar-refractivity contribution in [1.82, 2.24) is 14.5 Å². The number of benzene rings is 2. The van der Waals surface area contributed by atoms with Crippen LogP contribution in [0, 0.1) is 11.7 Å². The van der Waals surface area contributed by atoms with Gasteiger partial charge in [0.2, 0.25) is 10.0 Å². The first kappa shape index (κ1) is 23.9. The van der Waals surface area contributed by atoms with Gasteiger partial charge in [-0.25, -0.2) is 17.6 Å². The molecular formula is C23H28ClFN4O3S. The summed E-state index contributed by atoms with van der Waals surface area (Å²) in [6, 6.07) is 9.97. The molecule has 0 radical (unpaired) electrons. The maximum Gasteiger partial charge on any atom is 0.319 e. The van der Waals surface area contributed by atoms with Crippen LogP contribution in [0.2, 0.25) is 5.02 Å². The first-order valence-corrected chi connectivity index (χ1v) is 12.9. The molecule has 0 spiro atoms. The lowest BCUT2D eigenvalue weighted by atomic mass is 10.0. The number of anilines is 1. The van der Waals surface area contributed by atoms with Gasteiger partial charge in [-0.3, -0.25) is 0 Å². The van der Waals surface area contributed by atoms with Crippen molar-refractivity contribution in [3.05, 3.63) is 58.9 Å². The zero-order valence-electron chi connectivity index (χ0n) is 18.4. The van der Waals surface area contributed by atoms with Crippen molar-refractivity contribution in [1.29, 1.82) is 0 Å². The molecule has 2 aromatic carbocycles. The number of hydrogen-bond acceptors (Lipinski definition) is 4. The van der Waals surface area contributed by atoms with E-state index in [0.717, 1.165) is 31.4 Å². The van der Waals surface area contributed by atoms with Crippen molar-refractivity contribution < 1.29 is 17.6 Å². The molecule has 178 valence electrons. The summed E-state index contributed by atoms with van der Waals surface area (Å²) in [5.41, 5.74) is 1.12. The van der Waals surface area contributed by atoms with Gasteiger partial charge in [0, 0.05) is 25.3 Å². The number of halogens is 2. The maximum absolute atomic E-state index is 13.6. The third-order valence-electron chi connectivity index (χ3n) is 6.09. The average Bonchev–Trinajstić information content (AvgIpc) is 3.62. The molecular weight excluding hydrogens is 467 g/mol. The standard InChI is InChI=1S/C23H28ClFN4O3S/c1-28-10-3-11-29(13-12-28)33(31,32)19-5-2-4-18(15-19)26-23(30)27-22(16-6-7-16)17-8-9-21(25)20(24)14-17/h2,4-5,8-9,14-16,22H,3,6-7,10-13H2,1H3,(H2,26,27,30). The van der Waals surface area contributed by atoms with Gasteiger partial charge in [-0.2, -0.15) is 4.31 Å². The topological polar surface area (TPSA) is 81.8 Å². The van der Waals surface area contributed by atoms with Gasteiger partial charge in [0.05, 0.1) is 16.0 Å². The number of sulfonamides is 1. The van der Waals surface area contributed by atoms with Crippen molar-refractivity contribution in [2.75, 3.05) is 38.5 Å². The largest absolute Gasteiger partial charge is 0.331 e. The van der Waals surface area contributed by atoms with Crippen molar-refractivity contribution in [2.24, 2.45) is 5.92 Å². The number of nitrogens with zero attached hydrogens (tertiary/aromatic N) is 2. The smallest absolute Gasteiger partial charge is 0.319 e. The summed E-state index contributed by atoms with van der Waals surface area (Å²) < 4.78 is 41.3. The van der Waals surface area contributed by atoms with Crippen molar-refractivity contribution in [2.45, 2.75) is 30.2 Å². The van der Waals surface area contributed by atoms with E-state index in [1.807, 2.05) is 7.05 Å². The number of carbonyl (C=O) groups excluding carboxylic acids is 1. The van der Waals surface area contributed by atoms with Crippen molar-refractivity contribution in [3.8, 4) is 0 Å². The second-order valence-electron chi connectivity index (χ2n) is 8.68. The van der Waals surface area contributed by atoms with Gasteiger partial charge < -0.3 is 15.5 Å². The quantitative estimate of drug-likeness (QED) is 0.634. The molecule has 2 N–H and O–H groups in total. The van der Waals surface area contributed by atoms with Crippen LogP contribution in [0.3, 0.4) is 0 Å². The fraction of sp³-hybridized carbons (Fsp3) is 0.435. The normalized spacial score (nSPS) is 19.0. The van der Waals surface area contributed by atoms with E-state index >= 15 is 0 Å². The van der Waals surface area contributed by atoms with Gasteiger partial charge in [-0.15, -0.1) is 0 Å². The zero-order valence-corrected chi connectivity index (χ0v) is 20.0. The van der Waals surface area contributed by atoms with Crippen LogP contribution in [0.25, 0.3) is 0 Å². The summed E-state index contributed by atoms with van der Waals surface area (Å²) in [6.07, 6.45) is 2.68. The Morgan fingerprint density at radius 1 is 1.12 bits per heavy atom. The number of amides is 2. The average molecular weight is 495 g/mol. The Morgan fingerprint density at radius 3 is 2.64 bits per heavy atom. The highest BCUT2D eigenvalue weighted by atomic mass is 35.5. The van der Waals surface area contributed by atoms with Crippen LogP contribution in [-0.4, -0.2) is 56.9 Å². The molecule has 7 nitrogen and oxygen atoms in total. The molecule has 1 aliphatic heterocycles. The Labute approximate surface area is 199 Å². The van der Waals surface area contributed by atoms with Gasteiger partial charge in [0.15, 0.2) is 0 Å². The van der Waals surface area contributed by atoms with E-state index < -0.39 is 21.9 Å². The Balaban J connectivity index is 1.46. The Hall–Kier alpha value is -2.20. The predicted octanol–water partition coefficient (Wildman–Crippen LogP) is 4.08. The second kappa shape index (κ2) is 9.97. The number of likely N-dealkylation sites (N-methyl/N-ethyl adjacent to an activating group) is 1. The lowest BCUT2D eigenvalue weighted by Gasteiger charge is -2.21. The summed E-state index contributed by atoms with van der Waals surface area (Å²) in [7, 11) is -1.68. The minimum absolute atomic E-state index is 0.0120. The Morgan fingerprint density at radius 2 is 1.91 bits per heavy atom. The van der Waals surface area contributed by atoms with Crippen molar-refractivity contribution >= 4 is 33.3 Å². The number of nitrogens with one attached hydrogen (secondary N) is 2. The molecule has 2 amide bonds. The van der Waals surface area contributed by atoms with Crippen LogP contribution in [0.1, 0.15) is 30.9 Å². The third kappa shape index (κ3) is 5.84. The molecule has 0 bridgehead atoms. The number of urea groups is 1. The van der Waals surface area contributed by atoms with E-state index in [0.29, 0.717) is 25.3 Å². The molecule has 1 saturated carbocycles. The predicted molar refractivity (Wildman–Crippen MR) is 126 cm³/mol. The molecule has 0 aromatic heterocycles. The van der Waals surface area contributed by atoms with E-state index in [1.165, 1.54) is 22.5 Å². The van der Waals surface area contributed by atoms with Crippen LogP contribution in [0.4, 0.5) is 14.9 Å². The third-order valence-corrected chi connectivity index (χ3v) is 8.28. The Kier molecular flexibility index (Phi) is 7.23. The highest BCUT2D eigenvalue weighted by Gasteiger charge is 2.34. The van der Waals surface area contributed by atoms with Crippen molar-refractivity contribution in [3.63, 3.8) is 0 Å². The van der Waals surface area contributed by atoms with E-state index in [-0.39, 0.29) is 21.9 Å². The highest BCUT2D eigenvalue weighted by Crippen LogP contribution is 2.41. The first-order valence-electron chi connectivity index (χ1n) is 11.1. The fourth-order valence-corrected chi connectivity index (χ4v) is 5.77. The minimum atomic E-state index is -3.66. The van der Waals surface area contributed by atoms with E-state index in [4.69, 9.17) is 11.6 Å². The Bertz CT molecular complexity index is 1130. The van der Waals surface area contributed by atoms with Crippen LogP contribution < -0.4 is 10.6 Å². The molecule has 33 heavy (non-hydrogen) atoms. The molecule has 2 fully saturated rings. The van der Waals surface area contributed by atoms with Gasteiger partial charge in [-0.1, -0.05) is 23.7 Å². The lowest BCUT2D eigenvalue weighted by molar-refractivity contribution is 0.247. The fourth-order valence-electron chi connectivity index (χ4n) is 4.06. The maximum atomic E-state index is 13.6. The van der Waals surface area contributed by atoms with Crippen LogP contribution in [0.15, 0.2) is 47.4 Å². The molecule has 1 heterocycles. The summed E-state index contributed by atoms with van der Waals surface area (Å²) in [4.78, 5) is 15.0. The second-order valence-corrected chi connectivity index (χ2v) is 11.0. The van der Waals surface area contributed by atoms with E-state index in [9.17, 15) is 17.6 Å². The van der Waals surface area contributed by atoms with Crippen LogP contribution >= 0.6 is 11.6 Å². The molecule has 2 aliphatic rings. The van der Waals surface area contributed by atoms with Crippen LogP contribution in [0.5, 0.6) is 0 Å². The van der Waals surface area contributed by atoms with Gasteiger partial charge in [-0.05, 0) is 74.7 Å². The SMILES string of the molecule is CN1CCCN(S(=O)(=O)c2cccc(NC(=O)NC(c3ccc(F)c(Cl)c3)C3CC3)c2)CC1. The first-order chi connectivity index (χ1) is 15.7. The summed E-state index contributed by atoms with van der Waals surface area (Å²) in [5, 5.41) is 5.68. The molecule has 1 aliphatic carbocycles. The number of rotatable bonds is 6. The zero-order chi connectivity index (χ0) is 23.6. The summed E-state index contributed by atoms with van der Waals surface area (Å²) in [5.74, 6) is -0.251. The summed E-state index contributed by atoms with van der Waals surface area (Å²) >= 11 is 5.92. The highest BCUT2D eigenvalue weighted by molar-refractivity contribution is 7.89. The lowest BCUT2D eigenvalue weighted by Crippen LogP contribution is -2.35. The van der Waals surface area contributed by atoms with E-state index in [2.05, 4.69) is 15.5 Å². The minimum Gasteiger partial charge on any atom is -0.331 e. The molecule has 1 unspecified atom stereocenters. The van der Waals surface area contributed by atoms with Gasteiger partial charge in [0.25, 0.3) is 0 Å².